The van der Waals surface area contributed by atoms with Gasteiger partial charge in [-0.05, 0) is 37.1 Å². The number of sulfonamides is 1. The Labute approximate surface area is 153 Å². The molecule has 0 unspecified atom stereocenters. The Morgan fingerprint density at radius 2 is 1.69 bits per heavy atom. The molecule has 1 aromatic heterocycles. The zero-order valence-electron chi connectivity index (χ0n) is 14.8. The zero-order chi connectivity index (χ0) is 18.7. The van der Waals surface area contributed by atoms with Gasteiger partial charge in [0.15, 0.2) is 0 Å². The van der Waals surface area contributed by atoms with Crippen molar-refractivity contribution in [2.75, 3.05) is 16.3 Å². The van der Waals surface area contributed by atoms with Gasteiger partial charge in [0.1, 0.15) is 12.1 Å². The van der Waals surface area contributed by atoms with Crippen molar-refractivity contribution >= 4 is 27.2 Å². The summed E-state index contributed by atoms with van der Waals surface area (Å²) in [5.74, 6) is 0.632. The SMILES string of the molecule is Cc1ccc(Nc2cc(-c3ccccc3C)ncn2)cc1NS(C)(=O)=O. The van der Waals surface area contributed by atoms with Gasteiger partial charge in [-0.3, -0.25) is 4.72 Å². The first-order valence-corrected chi connectivity index (χ1v) is 9.94. The summed E-state index contributed by atoms with van der Waals surface area (Å²) in [5.41, 5.74) is 5.10. The van der Waals surface area contributed by atoms with E-state index in [1.165, 1.54) is 6.33 Å². The molecule has 26 heavy (non-hydrogen) atoms. The van der Waals surface area contributed by atoms with Crippen LogP contribution in [0.4, 0.5) is 17.2 Å². The number of anilines is 3. The lowest BCUT2D eigenvalue weighted by atomic mass is 10.1. The second-order valence-electron chi connectivity index (χ2n) is 6.13. The second kappa shape index (κ2) is 7.13. The quantitative estimate of drug-likeness (QED) is 0.714. The van der Waals surface area contributed by atoms with Crippen molar-refractivity contribution in [3.05, 3.63) is 66.0 Å². The van der Waals surface area contributed by atoms with Crippen LogP contribution in [0, 0.1) is 13.8 Å². The lowest BCUT2D eigenvalue weighted by molar-refractivity contribution is 0.607. The number of aromatic nitrogens is 2. The number of aryl methyl sites for hydroxylation is 2. The summed E-state index contributed by atoms with van der Waals surface area (Å²) in [5, 5.41) is 3.20. The van der Waals surface area contributed by atoms with Crippen LogP contribution in [0.25, 0.3) is 11.3 Å². The van der Waals surface area contributed by atoms with Crippen molar-refractivity contribution < 1.29 is 8.42 Å². The minimum atomic E-state index is -3.34. The minimum absolute atomic E-state index is 0.533. The molecule has 2 N–H and O–H groups in total. The highest BCUT2D eigenvalue weighted by Crippen LogP contribution is 2.26. The predicted octanol–water partition coefficient (Wildman–Crippen LogP) is 3.88. The standard InChI is InChI=1S/C19H20N4O2S/c1-13-6-4-5-7-16(13)18-11-19(21-12-20-18)22-15-9-8-14(2)17(10-15)23-26(3,24)25/h4-12,23H,1-3H3,(H,20,21,22). The number of hydrogen-bond acceptors (Lipinski definition) is 5. The molecule has 0 aliphatic heterocycles. The van der Waals surface area contributed by atoms with Gasteiger partial charge in [0.25, 0.3) is 0 Å². The maximum atomic E-state index is 11.5. The Morgan fingerprint density at radius 3 is 2.42 bits per heavy atom. The Morgan fingerprint density at radius 1 is 0.923 bits per heavy atom. The van der Waals surface area contributed by atoms with Crippen molar-refractivity contribution in [3.63, 3.8) is 0 Å². The van der Waals surface area contributed by atoms with Gasteiger partial charge < -0.3 is 5.32 Å². The monoisotopic (exact) mass is 368 g/mol. The molecule has 2 aromatic carbocycles. The molecule has 0 aliphatic carbocycles. The number of rotatable bonds is 5. The molecule has 0 spiro atoms. The molecule has 3 rings (SSSR count). The third kappa shape index (κ3) is 4.37. The smallest absolute Gasteiger partial charge is 0.229 e. The molecule has 0 aliphatic rings. The van der Waals surface area contributed by atoms with E-state index >= 15 is 0 Å². The number of benzene rings is 2. The van der Waals surface area contributed by atoms with Gasteiger partial charge in [0, 0.05) is 17.3 Å². The van der Waals surface area contributed by atoms with Gasteiger partial charge in [0.2, 0.25) is 10.0 Å². The average molecular weight is 368 g/mol. The summed E-state index contributed by atoms with van der Waals surface area (Å²) in [4.78, 5) is 8.61. The number of nitrogens with one attached hydrogen (secondary N) is 2. The zero-order valence-corrected chi connectivity index (χ0v) is 15.6. The van der Waals surface area contributed by atoms with Crippen LogP contribution in [0.15, 0.2) is 54.9 Å². The van der Waals surface area contributed by atoms with Gasteiger partial charge in [-0.1, -0.05) is 30.3 Å². The largest absolute Gasteiger partial charge is 0.340 e. The molecule has 0 fully saturated rings. The molecule has 6 nitrogen and oxygen atoms in total. The Kier molecular flexibility index (Phi) is 4.90. The molecule has 134 valence electrons. The van der Waals surface area contributed by atoms with Crippen molar-refractivity contribution in [2.45, 2.75) is 13.8 Å². The van der Waals surface area contributed by atoms with Gasteiger partial charge in [-0.2, -0.15) is 0 Å². The van der Waals surface area contributed by atoms with Crippen LogP contribution in [0.2, 0.25) is 0 Å². The normalized spacial score (nSPS) is 11.2. The molecule has 0 saturated carbocycles. The number of nitrogens with zero attached hydrogens (tertiary/aromatic N) is 2. The number of hydrogen-bond donors (Lipinski definition) is 2. The minimum Gasteiger partial charge on any atom is -0.340 e. The lowest BCUT2D eigenvalue weighted by Crippen LogP contribution is -2.10. The van der Waals surface area contributed by atoms with Crippen LogP contribution in [-0.4, -0.2) is 24.6 Å². The fourth-order valence-electron chi connectivity index (χ4n) is 2.59. The maximum Gasteiger partial charge on any atom is 0.229 e. The topological polar surface area (TPSA) is 84.0 Å². The van der Waals surface area contributed by atoms with Crippen LogP contribution < -0.4 is 10.0 Å². The fraction of sp³-hybridized carbons (Fsp3) is 0.158. The Balaban J connectivity index is 1.89. The van der Waals surface area contributed by atoms with Crippen molar-refractivity contribution in [1.82, 2.24) is 9.97 Å². The highest BCUT2D eigenvalue weighted by Gasteiger charge is 2.08. The van der Waals surface area contributed by atoms with E-state index in [1.54, 1.807) is 6.07 Å². The third-order valence-electron chi connectivity index (χ3n) is 3.89. The molecule has 3 aromatic rings. The van der Waals surface area contributed by atoms with Crippen molar-refractivity contribution in [1.29, 1.82) is 0 Å². The van der Waals surface area contributed by atoms with E-state index in [9.17, 15) is 8.42 Å². The summed E-state index contributed by atoms with van der Waals surface area (Å²) >= 11 is 0. The first-order valence-electron chi connectivity index (χ1n) is 8.05. The molecular weight excluding hydrogens is 348 g/mol. The van der Waals surface area contributed by atoms with E-state index in [1.807, 2.05) is 56.3 Å². The van der Waals surface area contributed by atoms with Gasteiger partial charge >= 0.3 is 0 Å². The summed E-state index contributed by atoms with van der Waals surface area (Å²) in [6, 6.07) is 15.3. The molecule has 0 bridgehead atoms. The van der Waals surface area contributed by atoms with Gasteiger partial charge in [0.05, 0.1) is 17.6 Å². The van der Waals surface area contributed by atoms with E-state index in [0.29, 0.717) is 11.5 Å². The van der Waals surface area contributed by atoms with Gasteiger partial charge in [-0.15, -0.1) is 0 Å². The van der Waals surface area contributed by atoms with E-state index in [-0.39, 0.29) is 0 Å². The summed E-state index contributed by atoms with van der Waals surface area (Å²) < 4.78 is 25.5. The van der Waals surface area contributed by atoms with Crippen molar-refractivity contribution in [3.8, 4) is 11.3 Å². The maximum absolute atomic E-state index is 11.5. The Hall–Kier alpha value is -2.93. The first-order chi connectivity index (χ1) is 12.3. The van der Waals surface area contributed by atoms with Crippen LogP contribution in [0.1, 0.15) is 11.1 Å². The van der Waals surface area contributed by atoms with E-state index in [4.69, 9.17) is 0 Å². The average Bonchev–Trinajstić information content (AvgIpc) is 2.57. The van der Waals surface area contributed by atoms with E-state index in [2.05, 4.69) is 20.0 Å². The predicted molar refractivity (Wildman–Crippen MR) is 105 cm³/mol. The molecule has 0 atom stereocenters. The lowest BCUT2D eigenvalue weighted by Gasteiger charge is -2.12. The Bertz CT molecular complexity index is 1050. The van der Waals surface area contributed by atoms with Crippen LogP contribution >= 0.6 is 0 Å². The highest BCUT2D eigenvalue weighted by atomic mass is 32.2. The molecule has 7 heteroatoms. The van der Waals surface area contributed by atoms with Gasteiger partial charge in [-0.25, -0.2) is 18.4 Å². The van der Waals surface area contributed by atoms with Crippen LogP contribution in [0.3, 0.4) is 0 Å². The van der Waals surface area contributed by atoms with Crippen LogP contribution in [0.5, 0.6) is 0 Å². The highest BCUT2D eigenvalue weighted by molar-refractivity contribution is 7.92. The van der Waals surface area contributed by atoms with E-state index < -0.39 is 10.0 Å². The van der Waals surface area contributed by atoms with Crippen LogP contribution in [-0.2, 0) is 10.0 Å². The molecule has 0 radical (unpaired) electrons. The summed E-state index contributed by atoms with van der Waals surface area (Å²) in [6.07, 6.45) is 2.64. The molecule has 0 saturated heterocycles. The summed E-state index contributed by atoms with van der Waals surface area (Å²) in [7, 11) is -3.34. The fourth-order valence-corrected chi connectivity index (χ4v) is 3.21. The first kappa shape index (κ1) is 17.9. The molecule has 0 amide bonds. The molecule has 1 heterocycles. The van der Waals surface area contributed by atoms with Crippen molar-refractivity contribution in [2.24, 2.45) is 0 Å². The summed E-state index contributed by atoms with van der Waals surface area (Å²) in [6.45, 7) is 3.88. The second-order valence-corrected chi connectivity index (χ2v) is 7.88. The molecular formula is C19H20N4O2S. The third-order valence-corrected chi connectivity index (χ3v) is 4.48. The van der Waals surface area contributed by atoms with E-state index in [0.717, 1.165) is 34.3 Å².